The predicted octanol–water partition coefficient (Wildman–Crippen LogP) is 4.58. The molecule has 0 bridgehead atoms. The minimum atomic E-state index is -4.19. The van der Waals surface area contributed by atoms with Gasteiger partial charge in [0.2, 0.25) is 11.8 Å². The van der Waals surface area contributed by atoms with Crippen molar-refractivity contribution in [2.45, 2.75) is 29.9 Å². The van der Waals surface area contributed by atoms with Gasteiger partial charge < -0.3 is 10.6 Å². The lowest BCUT2D eigenvalue weighted by Gasteiger charge is -2.16. The van der Waals surface area contributed by atoms with Gasteiger partial charge in [0.1, 0.15) is 10.8 Å². The first kappa shape index (κ1) is 28.1. The number of nitrogens with zero attached hydrogens (tertiary/aromatic N) is 2. The zero-order valence-corrected chi connectivity index (χ0v) is 23.3. The van der Waals surface area contributed by atoms with E-state index in [2.05, 4.69) is 15.6 Å². The van der Waals surface area contributed by atoms with Crippen molar-refractivity contribution in [2.75, 3.05) is 6.54 Å². The number of hydrogen-bond donors (Lipinski definition) is 2. The van der Waals surface area contributed by atoms with Crippen molar-refractivity contribution < 1.29 is 22.4 Å². The van der Waals surface area contributed by atoms with Crippen LogP contribution < -0.4 is 10.6 Å². The molecule has 1 atom stereocenters. The first-order chi connectivity index (χ1) is 19.7. The van der Waals surface area contributed by atoms with E-state index in [1.807, 2.05) is 18.2 Å². The molecule has 41 heavy (non-hydrogen) atoms. The fraction of sp³-hybridized carbons (Fsp3) is 0.200. The number of allylic oxidation sites excluding steroid dienone is 8. The van der Waals surface area contributed by atoms with E-state index in [1.165, 1.54) is 18.2 Å². The van der Waals surface area contributed by atoms with Gasteiger partial charge in [-0.05, 0) is 66.0 Å². The zero-order valence-electron chi connectivity index (χ0n) is 21.7. The number of nitriles is 1. The highest BCUT2D eigenvalue weighted by atomic mass is 32.2. The number of halogens is 1. The Morgan fingerprint density at radius 1 is 1.12 bits per heavy atom. The van der Waals surface area contributed by atoms with Crippen molar-refractivity contribution >= 4 is 48.8 Å². The highest BCUT2D eigenvalue weighted by Gasteiger charge is 2.37. The van der Waals surface area contributed by atoms with Crippen LogP contribution in [0.5, 0.6) is 0 Å². The average Bonchev–Trinajstić information content (AvgIpc) is 3.65. The van der Waals surface area contributed by atoms with Crippen molar-refractivity contribution in [3.05, 3.63) is 106 Å². The van der Waals surface area contributed by atoms with Crippen LogP contribution in [0.4, 0.5) is 4.39 Å². The molecule has 0 aliphatic heterocycles. The summed E-state index contributed by atoms with van der Waals surface area (Å²) in [5, 5.41) is 12.8. The van der Waals surface area contributed by atoms with Crippen LogP contribution in [0.1, 0.15) is 39.8 Å². The minimum absolute atomic E-state index is 0.0600. The van der Waals surface area contributed by atoms with Gasteiger partial charge in [0.05, 0.1) is 34.1 Å². The Kier molecular flexibility index (Phi) is 8.23. The number of thiazole rings is 1. The third-order valence-electron chi connectivity index (χ3n) is 6.41. The summed E-state index contributed by atoms with van der Waals surface area (Å²) in [6, 6.07) is 13.6. The number of benzene rings is 2. The van der Waals surface area contributed by atoms with Gasteiger partial charge in [-0.15, -0.1) is 11.3 Å². The number of aromatic nitrogens is 1. The van der Waals surface area contributed by atoms with E-state index < -0.39 is 38.5 Å². The number of sulfone groups is 1. The Morgan fingerprint density at radius 2 is 1.93 bits per heavy atom. The number of hydrogen-bond acceptors (Lipinski definition) is 7. The van der Waals surface area contributed by atoms with Crippen molar-refractivity contribution in [1.82, 2.24) is 15.6 Å². The van der Waals surface area contributed by atoms with Crippen LogP contribution >= 0.6 is 11.3 Å². The summed E-state index contributed by atoms with van der Waals surface area (Å²) in [6.45, 7) is -0.362. The number of amides is 2. The Morgan fingerprint density at radius 3 is 2.71 bits per heavy atom. The maximum Gasteiger partial charge on any atom is 0.245 e. The molecule has 3 aromatic rings. The summed E-state index contributed by atoms with van der Waals surface area (Å²) in [4.78, 5) is 30.1. The van der Waals surface area contributed by atoms with E-state index in [-0.39, 0.29) is 17.6 Å². The second-order valence-corrected chi connectivity index (χ2v) is 12.8. The summed E-state index contributed by atoms with van der Waals surface area (Å²) in [5.74, 6) is -2.14. The number of rotatable bonds is 9. The molecule has 11 heteroatoms. The molecule has 2 aromatic carbocycles. The molecule has 0 spiro atoms. The van der Waals surface area contributed by atoms with Crippen molar-refractivity contribution in [2.24, 2.45) is 0 Å². The van der Waals surface area contributed by atoms with Crippen molar-refractivity contribution in [3.63, 3.8) is 0 Å². The van der Waals surface area contributed by atoms with E-state index >= 15 is 0 Å². The number of nitrogens with one attached hydrogen (secondary N) is 2. The quantitative estimate of drug-likeness (QED) is 0.377. The standard InChI is InChI=1S/C30H25FN4O4S2/c31-23-7-2-1-6-21(8-10-23)22-9-13-25-26(15-22)40-30(35-25)28(29(37)33-17-27(36)34-24-11-12-24)41(38,39)18-20-5-3-4-19(14-20)16-32/h1-10,13-15,24,28H,11-12,17-18H2,(H,33,37)(H,34,36)/b2-1?,6-1?,7-2+,10-8?,21-6?,21-8?,23-7?,23-10+. The number of carbonyl (C=O) groups is 2. The van der Waals surface area contributed by atoms with E-state index in [0.29, 0.717) is 21.3 Å². The fourth-order valence-electron chi connectivity index (χ4n) is 4.26. The Labute approximate surface area is 240 Å². The molecule has 2 aliphatic rings. The van der Waals surface area contributed by atoms with Crippen LogP contribution in [0.2, 0.25) is 0 Å². The Hall–Kier alpha value is -4.40. The average molecular weight is 589 g/mol. The van der Waals surface area contributed by atoms with Crippen LogP contribution in [-0.2, 0) is 25.2 Å². The fourth-order valence-corrected chi connectivity index (χ4v) is 7.41. The van der Waals surface area contributed by atoms with Crippen LogP contribution in [-0.4, -0.2) is 37.8 Å². The van der Waals surface area contributed by atoms with Gasteiger partial charge in [-0.1, -0.05) is 42.5 Å². The maximum atomic E-state index is 13.8. The predicted molar refractivity (Wildman–Crippen MR) is 156 cm³/mol. The molecule has 208 valence electrons. The first-order valence-electron chi connectivity index (χ1n) is 12.8. The minimum Gasteiger partial charge on any atom is -0.352 e. The van der Waals surface area contributed by atoms with Gasteiger partial charge in [-0.2, -0.15) is 5.26 Å². The molecule has 1 fully saturated rings. The normalized spacial score (nSPS) is 17.8. The van der Waals surface area contributed by atoms with E-state index in [1.54, 1.807) is 48.6 Å². The lowest BCUT2D eigenvalue weighted by molar-refractivity contribution is -0.126. The number of carbonyl (C=O) groups excluding carboxylic acids is 2. The summed E-state index contributed by atoms with van der Waals surface area (Å²) >= 11 is 1.06. The van der Waals surface area contributed by atoms with Crippen LogP contribution in [0.25, 0.3) is 15.8 Å². The monoisotopic (exact) mass is 588 g/mol. The summed E-state index contributed by atoms with van der Waals surface area (Å²) in [5.41, 5.74) is 2.65. The Balaban J connectivity index is 1.48. The first-order valence-corrected chi connectivity index (χ1v) is 15.4. The van der Waals surface area contributed by atoms with Crippen LogP contribution in [0.3, 0.4) is 0 Å². The maximum absolute atomic E-state index is 13.8. The van der Waals surface area contributed by atoms with Gasteiger partial charge in [0, 0.05) is 6.04 Å². The molecule has 0 saturated heterocycles. The molecule has 8 nitrogen and oxygen atoms in total. The summed E-state index contributed by atoms with van der Waals surface area (Å²) in [6.07, 6.45) is 11.2. The molecule has 1 saturated carbocycles. The molecule has 2 aliphatic carbocycles. The second-order valence-electron chi connectivity index (χ2n) is 9.69. The Bertz CT molecular complexity index is 1790. The highest BCUT2D eigenvalue weighted by molar-refractivity contribution is 7.91. The lowest BCUT2D eigenvalue weighted by Crippen LogP contribution is -2.41. The van der Waals surface area contributed by atoms with E-state index in [9.17, 15) is 27.7 Å². The molecular weight excluding hydrogens is 563 g/mol. The highest BCUT2D eigenvalue weighted by Crippen LogP contribution is 2.34. The lowest BCUT2D eigenvalue weighted by atomic mass is 10.0. The largest absolute Gasteiger partial charge is 0.352 e. The van der Waals surface area contributed by atoms with Gasteiger partial charge >= 0.3 is 0 Å². The third kappa shape index (κ3) is 7.03. The van der Waals surface area contributed by atoms with Gasteiger partial charge in [-0.3, -0.25) is 9.59 Å². The molecule has 1 unspecified atom stereocenters. The zero-order chi connectivity index (χ0) is 29.0. The van der Waals surface area contributed by atoms with Gasteiger partial charge in [0.15, 0.2) is 15.1 Å². The third-order valence-corrected chi connectivity index (χ3v) is 9.54. The van der Waals surface area contributed by atoms with Crippen molar-refractivity contribution in [1.29, 1.82) is 5.26 Å². The smallest absolute Gasteiger partial charge is 0.245 e. The molecule has 2 N–H and O–H groups in total. The molecule has 1 heterocycles. The molecule has 0 radical (unpaired) electrons. The van der Waals surface area contributed by atoms with E-state index in [0.717, 1.165) is 35.3 Å². The topological polar surface area (TPSA) is 129 Å². The summed E-state index contributed by atoms with van der Waals surface area (Å²) < 4.78 is 41.9. The van der Waals surface area contributed by atoms with Gasteiger partial charge in [-0.25, -0.2) is 17.8 Å². The number of fused-ring (bicyclic) bond motifs is 1. The van der Waals surface area contributed by atoms with E-state index in [4.69, 9.17) is 0 Å². The van der Waals surface area contributed by atoms with Crippen LogP contribution in [0.15, 0.2) is 84.7 Å². The molecule has 1 aromatic heterocycles. The van der Waals surface area contributed by atoms with Crippen molar-refractivity contribution in [3.8, 4) is 6.07 Å². The summed E-state index contributed by atoms with van der Waals surface area (Å²) in [7, 11) is -4.19. The second kappa shape index (κ2) is 12.0. The molecule has 2 amide bonds. The SMILES string of the molecule is N#Cc1cccc(CS(=O)(=O)C(C(=O)NCC(=O)NC2CC2)c2nc3ccc(C4=C/C=C(F)\C=C\C=C4)cc3s2)c1. The molecular formula is C30H25FN4O4S2. The molecule has 5 rings (SSSR count). The van der Waals surface area contributed by atoms with Crippen LogP contribution in [0, 0.1) is 11.3 Å². The van der Waals surface area contributed by atoms with Gasteiger partial charge in [0.25, 0.3) is 0 Å².